The maximum absolute atomic E-state index is 8.66. The van der Waals surface area contributed by atoms with E-state index in [1.54, 1.807) is 0 Å². The van der Waals surface area contributed by atoms with E-state index in [2.05, 4.69) is 34.8 Å². The molecule has 0 unspecified atom stereocenters. The van der Waals surface area contributed by atoms with Crippen LogP contribution in [-0.2, 0) is 6.42 Å². The molecule has 0 aromatic carbocycles. The molecule has 198 valence electrons. The van der Waals surface area contributed by atoms with Crippen molar-refractivity contribution in [1.29, 1.82) is 16.2 Å². The first-order valence-corrected chi connectivity index (χ1v) is 13.8. The molecule has 7 N–H and O–H groups in total. The van der Waals surface area contributed by atoms with Gasteiger partial charge >= 0.3 is 0 Å². The third kappa shape index (κ3) is 11.7. The summed E-state index contributed by atoms with van der Waals surface area (Å²) in [5, 5.41) is 39.5. The number of aromatic nitrogens is 3. The van der Waals surface area contributed by atoms with Crippen molar-refractivity contribution in [3.8, 4) is 0 Å². The first-order chi connectivity index (χ1) is 16.9. The first-order valence-electron chi connectivity index (χ1n) is 13.8. The average molecular weight is 488 g/mol. The zero-order valence-electron chi connectivity index (χ0n) is 22.0. The minimum absolute atomic E-state index is 0.113. The number of unbranched alkanes of at least 4 members (excludes halogenated alkanes) is 1. The van der Waals surface area contributed by atoms with E-state index < -0.39 is 0 Å². The van der Waals surface area contributed by atoms with Gasteiger partial charge in [-0.1, -0.05) is 56.6 Å². The molecule has 9 nitrogen and oxygen atoms in total. The lowest BCUT2D eigenvalue weighted by Gasteiger charge is -2.24. The van der Waals surface area contributed by atoms with E-state index in [4.69, 9.17) is 22.0 Å². The second-order valence-electron chi connectivity index (χ2n) is 10.4. The summed E-state index contributed by atoms with van der Waals surface area (Å²) >= 11 is 0. The standard InChI is InChI=1S/C26H49N9/c1-20(2)35-19-22(33-34-35)16-17-24(27)31-18-12-11-15-23(25(28)29)32-26(30)21-13-9-7-5-3-4-6-8-10-14-21/h19-21,23H,3-18H2,1-2H3,(H2,27,31)(H3,28,29)(H2,30,32)/t23-/m0/s1. The summed E-state index contributed by atoms with van der Waals surface area (Å²) in [5.41, 5.74) is 6.79. The van der Waals surface area contributed by atoms with Crippen LogP contribution < -0.4 is 16.4 Å². The van der Waals surface area contributed by atoms with Gasteiger partial charge in [0.05, 0.1) is 23.4 Å². The van der Waals surface area contributed by atoms with E-state index >= 15 is 0 Å². The minimum atomic E-state index is -0.274. The van der Waals surface area contributed by atoms with Gasteiger partial charge in [-0.05, 0) is 46.0 Å². The minimum Gasteiger partial charge on any atom is -0.386 e. The van der Waals surface area contributed by atoms with Crippen molar-refractivity contribution in [2.24, 2.45) is 11.7 Å². The Morgan fingerprint density at radius 2 is 1.66 bits per heavy atom. The quantitative estimate of drug-likeness (QED) is 0.140. The van der Waals surface area contributed by atoms with Gasteiger partial charge in [-0.3, -0.25) is 16.2 Å². The molecule has 1 aromatic heterocycles. The Hall–Kier alpha value is -2.45. The van der Waals surface area contributed by atoms with Crippen molar-refractivity contribution in [3.63, 3.8) is 0 Å². The lowest BCUT2D eigenvalue weighted by Crippen LogP contribution is -2.46. The monoisotopic (exact) mass is 487 g/mol. The van der Waals surface area contributed by atoms with Crippen LogP contribution >= 0.6 is 0 Å². The number of aryl methyl sites for hydroxylation is 1. The molecule has 1 saturated carbocycles. The summed E-state index contributed by atoms with van der Waals surface area (Å²) in [6.45, 7) is 4.86. The zero-order chi connectivity index (χ0) is 25.5. The molecule has 1 aromatic rings. The van der Waals surface area contributed by atoms with Crippen LogP contribution in [0.2, 0.25) is 0 Å². The number of rotatable bonds is 12. The highest BCUT2D eigenvalue weighted by molar-refractivity contribution is 5.90. The average Bonchev–Trinajstić information content (AvgIpc) is 3.28. The normalized spacial score (nSPS) is 16.9. The topological polar surface area (TPSA) is 152 Å². The fourth-order valence-electron chi connectivity index (χ4n) is 4.62. The van der Waals surface area contributed by atoms with Crippen molar-refractivity contribution in [1.82, 2.24) is 25.6 Å². The summed E-state index contributed by atoms with van der Waals surface area (Å²) < 4.78 is 1.84. The maximum Gasteiger partial charge on any atom is 0.114 e. The van der Waals surface area contributed by atoms with Gasteiger partial charge in [0, 0.05) is 37.5 Å². The molecule has 0 saturated heterocycles. The van der Waals surface area contributed by atoms with Crippen LogP contribution in [0.15, 0.2) is 6.20 Å². The van der Waals surface area contributed by atoms with Crippen molar-refractivity contribution in [2.45, 2.75) is 122 Å². The number of nitrogens with two attached hydrogens (primary N) is 1. The summed E-state index contributed by atoms with van der Waals surface area (Å²) in [4.78, 5) is 0. The fourth-order valence-corrected chi connectivity index (χ4v) is 4.62. The van der Waals surface area contributed by atoms with Crippen LogP contribution in [0, 0.1) is 22.1 Å². The molecule has 1 heterocycles. The molecule has 0 spiro atoms. The largest absolute Gasteiger partial charge is 0.386 e. The molecule has 1 fully saturated rings. The number of nitrogens with zero attached hydrogens (tertiary/aromatic N) is 3. The van der Waals surface area contributed by atoms with Crippen molar-refractivity contribution in [3.05, 3.63) is 11.9 Å². The molecule has 0 aliphatic heterocycles. The van der Waals surface area contributed by atoms with Gasteiger partial charge in [-0.15, -0.1) is 5.10 Å². The Labute approximate surface area is 211 Å². The van der Waals surface area contributed by atoms with E-state index in [-0.39, 0.29) is 17.8 Å². The molecule has 1 aliphatic carbocycles. The number of nitrogens with one attached hydrogen (secondary N) is 5. The molecule has 0 amide bonds. The van der Waals surface area contributed by atoms with Crippen LogP contribution in [0.5, 0.6) is 0 Å². The molecule has 9 heteroatoms. The summed E-state index contributed by atoms with van der Waals surface area (Å²) in [6, 6.07) is 0.0185. The molecule has 0 radical (unpaired) electrons. The number of hydrogen-bond donors (Lipinski definition) is 6. The van der Waals surface area contributed by atoms with Crippen molar-refractivity contribution in [2.75, 3.05) is 6.54 Å². The Kier molecular flexibility index (Phi) is 13.4. The van der Waals surface area contributed by atoms with Gasteiger partial charge in [-0.2, -0.15) is 0 Å². The molecule has 1 aliphatic rings. The van der Waals surface area contributed by atoms with Crippen molar-refractivity contribution < 1.29 is 0 Å². The van der Waals surface area contributed by atoms with Crippen LogP contribution in [0.25, 0.3) is 0 Å². The fraction of sp³-hybridized carbons (Fsp3) is 0.808. The lowest BCUT2D eigenvalue weighted by molar-refractivity contribution is 0.490. The number of amidine groups is 3. The predicted octanol–water partition coefficient (Wildman–Crippen LogP) is 4.93. The Balaban J connectivity index is 1.66. The number of hydrogen-bond acceptors (Lipinski definition) is 5. The summed E-state index contributed by atoms with van der Waals surface area (Å²) in [7, 11) is 0. The SMILES string of the molecule is CC(C)n1cc(CCC(=N)NCCCC[C@H](NC(=N)C2CCCCCCCCCC2)C(=N)N)nn1. The summed E-state index contributed by atoms with van der Waals surface area (Å²) in [5.74, 6) is 1.46. The highest BCUT2D eigenvalue weighted by Crippen LogP contribution is 2.22. The van der Waals surface area contributed by atoms with Crippen LogP contribution in [0.1, 0.15) is 115 Å². The van der Waals surface area contributed by atoms with Crippen LogP contribution in [-0.4, -0.2) is 45.1 Å². The van der Waals surface area contributed by atoms with Gasteiger partial charge < -0.3 is 16.4 Å². The third-order valence-electron chi connectivity index (χ3n) is 6.94. The highest BCUT2D eigenvalue weighted by Gasteiger charge is 2.20. The van der Waals surface area contributed by atoms with E-state index in [0.717, 1.165) is 44.3 Å². The maximum atomic E-state index is 8.66. The van der Waals surface area contributed by atoms with Crippen molar-refractivity contribution >= 4 is 17.5 Å². The second kappa shape index (κ2) is 16.3. The predicted molar refractivity (Wildman–Crippen MR) is 145 cm³/mol. The highest BCUT2D eigenvalue weighted by atomic mass is 15.4. The smallest absolute Gasteiger partial charge is 0.114 e. The molecule has 0 bridgehead atoms. The third-order valence-corrected chi connectivity index (χ3v) is 6.94. The van der Waals surface area contributed by atoms with Gasteiger partial charge in [0.2, 0.25) is 0 Å². The van der Waals surface area contributed by atoms with Gasteiger partial charge in [-0.25, -0.2) is 4.68 Å². The molecular weight excluding hydrogens is 438 g/mol. The Morgan fingerprint density at radius 3 is 2.23 bits per heavy atom. The molecule has 2 rings (SSSR count). The van der Waals surface area contributed by atoms with Gasteiger partial charge in [0.15, 0.2) is 0 Å². The lowest BCUT2D eigenvalue weighted by atomic mass is 9.93. The van der Waals surface area contributed by atoms with E-state index in [1.807, 2.05) is 10.9 Å². The second-order valence-corrected chi connectivity index (χ2v) is 10.4. The van der Waals surface area contributed by atoms with Gasteiger partial charge in [0.1, 0.15) is 5.84 Å². The van der Waals surface area contributed by atoms with Crippen LogP contribution in [0.4, 0.5) is 0 Å². The summed E-state index contributed by atoms with van der Waals surface area (Å²) in [6.07, 6.45) is 18.2. The Morgan fingerprint density at radius 1 is 1.03 bits per heavy atom. The first kappa shape index (κ1) is 28.8. The molecule has 1 atom stereocenters. The van der Waals surface area contributed by atoms with E-state index in [9.17, 15) is 0 Å². The zero-order valence-corrected chi connectivity index (χ0v) is 22.0. The van der Waals surface area contributed by atoms with Gasteiger partial charge in [0.25, 0.3) is 0 Å². The molecule has 35 heavy (non-hydrogen) atoms. The van der Waals surface area contributed by atoms with Crippen LogP contribution in [0.3, 0.4) is 0 Å². The molecular formula is C26H49N9. The van der Waals surface area contributed by atoms with E-state index in [0.29, 0.717) is 30.6 Å². The Bertz CT molecular complexity index is 759. The van der Waals surface area contributed by atoms with E-state index in [1.165, 1.54) is 51.4 Å².